The monoisotopic (exact) mass is 595 g/mol. The van der Waals surface area contributed by atoms with Crippen LogP contribution in [0.15, 0.2) is 18.2 Å². The second kappa shape index (κ2) is 16.9. The molecule has 3 atom stereocenters. The molecule has 0 aliphatic rings. The molecular weight excluding hydrogens is 546 g/mol. The van der Waals surface area contributed by atoms with Gasteiger partial charge in [0, 0.05) is 6.42 Å². The normalized spacial score (nSPS) is 13.8. The van der Waals surface area contributed by atoms with Crippen molar-refractivity contribution in [3.63, 3.8) is 0 Å². The van der Waals surface area contributed by atoms with Crippen LogP contribution in [0.4, 0.5) is 9.59 Å². The number of unbranched alkanes of at least 4 members (excludes halogenated alkanes) is 2. The van der Waals surface area contributed by atoms with Gasteiger partial charge in [-0.3, -0.25) is 9.59 Å². The molecule has 2 N–H and O–H groups in total. The summed E-state index contributed by atoms with van der Waals surface area (Å²) in [5.74, 6) is -1.24. The SMILES string of the molecule is CCCCCC(=O)OC(C)[C@H](C)OC(=O)[C@@H](N)Cc1ccc(OC(=O)OCC(C)(C)C)c(OC(=O)OCC(C)(C)C)c1. The van der Waals surface area contributed by atoms with E-state index in [1.807, 2.05) is 48.5 Å². The van der Waals surface area contributed by atoms with E-state index in [1.165, 1.54) is 12.1 Å². The van der Waals surface area contributed by atoms with Crippen molar-refractivity contribution in [1.29, 1.82) is 0 Å². The summed E-state index contributed by atoms with van der Waals surface area (Å²) in [7, 11) is 0. The van der Waals surface area contributed by atoms with E-state index in [0.29, 0.717) is 12.0 Å². The number of carbonyl (C=O) groups is 4. The Morgan fingerprint density at radius 2 is 1.31 bits per heavy atom. The van der Waals surface area contributed by atoms with E-state index >= 15 is 0 Å². The summed E-state index contributed by atoms with van der Waals surface area (Å²) >= 11 is 0. The number of nitrogens with two attached hydrogens (primary N) is 1. The number of carbonyl (C=O) groups excluding carboxylic acids is 4. The molecule has 0 heterocycles. The van der Waals surface area contributed by atoms with Crippen LogP contribution in [0, 0.1) is 10.8 Å². The molecule has 11 nitrogen and oxygen atoms in total. The highest BCUT2D eigenvalue weighted by molar-refractivity contribution is 5.76. The van der Waals surface area contributed by atoms with E-state index < -0.39 is 36.5 Å². The van der Waals surface area contributed by atoms with Gasteiger partial charge in [-0.2, -0.15) is 0 Å². The maximum Gasteiger partial charge on any atom is 0.513 e. The molecule has 1 aromatic rings. The van der Waals surface area contributed by atoms with Crippen molar-refractivity contribution in [3.05, 3.63) is 23.8 Å². The number of benzene rings is 1. The highest BCUT2D eigenvalue weighted by atomic mass is 16.7. The maximum absolute atomic E-state index is 12.7. The Morgan fingerprint density at radius 3 is 1.83 bits per heavy atom. The predicted octanol–water partition coefficient (Wildman–Crippen LogP) is 6.12. The average Bonchev–Trinajstić information content (AvgIpc) is 2.87. The van der Waals surface area contributed by atoms with E-state index in [2.05, 4.69) is 0 Å². The van der Waals surface area contributed by atoms with Crippen LogP contribution in [-0.2, 0) is 35.0 Å². The van der Waals surface area contributed by atoms with Gasteiger partial charge in [-0.05, 0) is 55.2 Å². The van der Waals surface area contributed by atoms with Crippen LogP contribution < -0.4 is 15.2 Å². The number of hydrogen-bond donors (Lipinski definition) is 1. The molecule has 0 aliphatic heterocycles. The third kappa shape index (κ3) is 15.6. The first-order chi connectivity index (χ1) is 19.4. The largest absolute Gasteiger partial charge is 0.513 e. The van der Waals surface area contributed by atoms with E-state index in [9.17, 15) is 19.2 Å². The zero-order valence-corrected chi connectivity index (χ0v) is 26.6. The fraction of sp³-hybridized carbons (Fsp3) is 0.677. The standard InChI is InChI=1S/C31H49NO10/c1-10-11-12-13-26(33)39-20(2)21(3)40-27(34)23(32)16-22-14-15-24(41-28(35)37-18-30(4,5)6)25(17-22)42-29(36)38-19-31(7,8)9/h14-15,17,20-21,23H,10-13,16,18-19,32H2,1-9H3/t20?,21-,23-/m0/s1. The van der Waals surface area contributed by atoms with Crippen molar-refractivity contribution in [2.75, 3.05) is 13.2 Å². The van der Waals surface area contributed by atoms with Crippen molar-refractivity contribution in [2.45, 2.75) is 113 Å². The molecule has 11 heteroatoms. The molecule has 1 rings (SSSR count). The van der Waals surface area contributed by atoms with Crippen LogP contribution in [0.25, 0.3) is 0 Å². The van der Waals surface area contributed by atoms with Crippen LogP contribution in [-0.4, -0.2) is 55.7 Å². The molecule has 0 radical (unpaired) electrons. The summed E-state index contributed by atoms with van der Waals surface area (Å²) in [6.07, 6.45) is -0.353. The number of ether oxygens (including phenoxy) is 6. The highest BCUT2D eigenvalue weighted by Gasteiger charge is 2.25. The van der Waals surface area contributed by atoms with Gasteiger partial charge in [0.05, 0.1) is 13.2 Å². The molecule has 42 heavy (non-hydrogen) atoms. The predicted molar refractivity (Wildman–Crippen MR) is 156 cm³/mol. The molecule has 1 aromatic carbocycles. The minimum absolute atomic E-state index is 0.0128. The smallest absolute Gasteiger partial charge is 0.459 e. The minimum Gasteiger partial charge on any atom is -0.459 e. The zero-order chi connectivity index (χ0) is 32.1. The molecule has 1 unspecified atom stereocenters. The Kier molecular flexibility index (Phi) is 14.8. The Hall–Kier alpha value is -3.34. The van der Waals surface area contributed by atoms with Crippen molar-refractivity contribution in [1.82, 2.24) is 0 Å². The summed E-state index contributed by atoms with van der Waals surface area (Å²) in [6.45, 7) is 16.9. The first kappa shape index (κ1) is 36.7. The van der Waals surface area contributed by atoms with Crippen molar-refractivity contribution < 1.29 is 47.6 Å². The molecule has 0 bridgehead atoms. The van der Waals surface area contributed by atoms with Gasteiger partial charge in [0.1, 0.15) is 18.2 Å². The maximum atomic E-state index is 12.7. The topological polar surface area (TPSA) is 150 Å². The third-order valence-corrected chi connectivity index (χ3v) is 5.66. The summed E-state index contributed by atoms with van der Waals surface area (Å²) in [6, 6.07) is 3.31. The van der Waals surface area contributed by atoms with Gasteiger partial charge < -0.3 is 34.2 Å². The van der Waals surface area contributed by atoms with Gasteiger partial charge in [0.25, 0.3) is 0 Å². The Bertz CT molecular complexity index is 1040. The van der Waals surface area contributed by atoms with Crippen molar-refractivity contribution >= 4 is 24.2 Å². The molecule has 0 aliphatic carbocycles. The van der Waals surface area contributed by atoms with Crippen LogP contribution >= 0.6 is 0 Å². The third-order valence-electron chi connectivity index (χ3n) is 5.66. The van der Waals surface area contributed by atoms with Gasteiger partial charge >= 0.3 is 24.2 Å². The second-order valence-electron chi connectivity index (χ2n) is 12.8. The molecule has 0 spiro atoms. The molecule has 238 valence electrons. The van der Waals surface area contributed by atoms with E-state index in [1.54, 1.807) is 19.9 Å². The lowest BCUT2D eigenvalue weighted by Crippen LogP contribution is -2.39. The summed E-state index contributed by atoms with van der Waals surface area (Å²) in [5.41, 5.74) is 6.02. The Labute approximate surface area is 249 Å². The fourth-order valence-corrected chi connectivity index (χ4v) is 3.22. The van der Waals surface area contributed by atoms with Crippen LogP contribution in [0.5, 0.6) is 11.5 Å². The lowest BCUT2D eigenvalue weighted by atomic mass is 9.99. The molecule has 0 amide bonds. The summed E-state index contributed by atoms with van der Waals surface area (Å²) in [5, 5.41) is 0. The van der Waals surface area contributed by atoms with Gasteiger partial charge in [-0.15, -0.1) is 0 Å². The first-order valence-corrected chi connectivity index (χ1v) is 14.4. The quantitative estimate of drug-likeness (QED) is 0.115. The molecule has 0 saturated carbocycles. The van der Waals surface area contributed by atoms with Gasteiger partial charge in [-0.1, -0.05) is 67.4 Å². The minimum atomic E-state index is -1.08. The van der Waals surface area contributed by atoms with Crippen molar-refractivity contribution in [3.8, 4) is 11.5 Å². The van der Waals surface area contributed by atoms with Gasteiger partial charge in [-0.25, -0.2) is 9.59 Å². The Balaban J connectivity index is 2.93. The van der Waals surface area contributed by atoms with Gasteiger partial charge in [0.15, 0.2) is 11.5 Å². The Morgan fingerprint density at radius 1 is 0.786 bits per heavy atom. The van der Waals surface area contributed by atoms with Crippen LogP contribution in [0.2, 0.25) is 0 Å². The van der Waals surface area contributed by atoms with E-state index in [4.69, 9.17) is 34.2 Å². The van der Waals surface area contributed by atoms with E-state index in [-0.39, 0.29) is 47.9 Å². The summed E-state index contributed by atoms with van der Waals surface area (Å²) in [4.78, 5) is 49.3. The zero-order valence-electron chi connectivity index (χ0n) is 26.6. The van der Waals surface area contributed by atoms with Gasteiger partial charge in [0.2, 0.25) is 0 Å². The van der Waals surface area contributed by atoms with Crippen LogP contribution in [0.1, 0.15) is 93.6 Å². The average molecular weight is 596 g/mol. The number of esters is 2. The first-order valence-electron chi connectivity index (χ1n) is 14.4. The molecule has 0 saturated heterocycles. The lowest BCUT2D eigenvalue weighted by molar-refractivity contribution is -0.166. The number of rotatable bonds is 14. The number of hydrogen-bond acceptors (Lipinski definition) is 11. The van der Waals surface area contributed by atoms with Crippen LogP contribution in [0.3, 0.4) is 0 Å². The summed E-state index contributed by atoms with van der Waals surface area (Å²) < 4.78 is 31.7. The van der Waals surface area contributed by atoms with Crippen molar-refractivity contribution in [2.24, 2.45) is 16.6 Å². The van der Waals surface area contributed by atoms with E-state index in [0.717, 1.165) is 19.3 Å². The molecule has 0 aromatic heterocycles. The lowest BCUT2D eigenvalue weighted by Gasteiger charge is -2.22. The highest BCUT2D eigenvalue weighted by Crippen LogP contribution is 2.30. The molecular formula is C31H49NO10. The fourth-order valence-electron chi connectivity index (χ4n) is 3.22. The second-order valence-corrected chi connectivity index (χ2v) is 12.8. The molecule has 0 fully saturated rings.